The molecular formula is C20H18F4N2O2. The Balaban J connectivity index is 1.84. The van der Waals surface area contributed by atoms with Gasteiger partial charge in [0.25, 0.3) is 0 Å². The van der Waals surface area contributed by atoms with Crippen LogP contribution in [-0.4, -0.2) is 24.7 Å². The van der Waals surface area contributed by atoms with Gasteiger partial charge in [-0.15, -0.1) is 0 Å². The van der Waals surface area contributed by atoms with Gasteiger partial charge in [-0.3, -0.25) is 4.79 Å². The van der Waals surface area contributed by atoms with Crippen molar-refractivity contribution in [3.63, 3.8) is 0 Å². The first-order valence-electron chi connectivity index (χ1n) is 8.97. The van der Waals surface area contributed by atoms with Gasteiger partial charge in [-0.1, -0.05) is 18.2 Å². The van der Waals surface area contributed by atoms with Crippen molar-refractivity contribution in [3.05, 3.63) is 53.3 Å². The van der Waals surface area contributed by atoms with Gasteiger partial charge >= 0.3 is 12.1 Å². The molecular weight excluding hydrogens is 376 g/mol. The van der Waals surface area contributed by atoms with E-state index in [2.05, 4.69) is 5.32 Å². The zero-order valence-corrected chi connectivity index (χ0v) is 15.0. The summed E-state index contributed by atoms with van der Waals surface area (Å²) in [6, 6.07) is 8.30. The van der Waals surface area contributed by atoms with E-state index in [0.29, 0.717) is 47.7 Å². The zero-order chi connectivity index (χ0) is 20.1. The molecule has 1 saturated heterocycles. The number of nitrogens with one attached hydrogen (secondary N) is 1. The minimum atomic E-state index is -4.96. The van der Waals surface area contributed by atoms with E-state index in [-0.39, 0.29) is 0 Å². The third kappa shape index (κ3) is 3.16. The molecule has 2 atom stereocenters. The molecule has 2 heterocycles. The number of para-hydroxylation sites is 1. The maximum atomic E-state index is 14.0. The van der Waals surface area contributed by atoms with E-state index in [1.807, 2.05) is 4.90 Å². The number of rotatable bonds is 1. The zero-order valence-electron chi connectivity index (χ0n) is 15.0. The summed E-state index contributed by atoms with van der Waals surface area (Å²) in [6.45, 7) is 2.29. The number of anilines is 1. The molecule has 2 aromatic carbocycles. The first-order chi connectivity index (χ1) is 13.3. The smallest absolute Gasteiger partial charge is 0.455 e. The van der Waals surface area contributed by atoms with Gasteiger partial charge in [-0.2, -0.15) is 13.2 Å². The van der Waals surface area contributed by atoms with E-state index in [9.17, 15) is 22.4 Å². The fraction of sp³-hybridized carbons (Fsp3) is 0.350. The van der Waals surface area contributed by atoms with Crippen LogP contribution in [-0.2, 0) is 4.79 Å². The lowest BCUT2D eigenvalue weighted by Gasteiger charge is -2.43. The van der Waals surface area contributed by atoms with Crippen LogP contribution in [0.3, 0.4) is 0 Å². The van der Waals surface area contributed by atoms with Crippen molar-refractivity contribution >= 4 is 11.6 Å². The number of ether oxygens (including phenoxy) is 1. The number of benzene rings is 2. The highest BCUT2D eigenvalue weighted by molar-refractivity contribution is 5.82. The normalized spacial score (nSPS) is 21.0. The van der Waals surface area contributed by atoms with Crippen LogP contribution in [0.25, 0.3) is 0 Å². The predicted octanol–water partition coefficient (Wildman–Crippen LogP) is 4.63. The summed E-state index contributed by atoms with van der Waals surface area (Å²) in [5, 5.41) is 2.15. The fourth-order valence-corrected chi connectivity index (χ4v) is 4.12. The highest BCUT2D eigenvalue weighted by atomic mass is 19.4. The number of carbonyl (C=O) groups excluding carboxylic acids is 1. The summed E-state index contributed by atoms with van der Waals surface area (Å²) in [7, 11) is 0. The second kappa shape index (κ2) is 6.68. The van der Waals surface area contributed by atoms with Gasteiger partial charge in [-0.25, -0.2) is 4.39 Å². The number of piperidine rings is 1. The van der Waals surface area contributed by atoms with Crippen LogP contribution in [0, 0.1) is 12.7 Å². The van der Waals surface area contributed by atoms with Gasteiger partial charge in [0, 0.05) is 18.2 Å². The minimum absolute atomic E-state index is 0.315. The maximum Gasteiger partial charge on any atom is 0.471 e. The highest BCUT2D eigenvalue weighted by Gasteiger charge is 2.44. The van der Waals surface area contributed by atoms with Gasteiger partial charge in [-0.05, 0) is 37.5 Å². The van der Waals surface area contributed by atoms with Crippen LogP contribution in [0.4, 0.5) is 23.2 Å². The monoisotopic (exact) mass is 394 g/mol. The van der Waals surface area contributed by atoms with E-state index in [0.717, 1.165) is 0 Å². The van der Waals surface area contributed by atoms with E-state index in [4.69, 9.17) is 4.74 Å². The Hall–Kier alpha value is -2.77. The molecule has 148 valence electrons. The molecule has 0 saturated carbocycles. The molecule has 28 heavy (non-hydrogen) atoms. The Morgan fingerprint density at radius 2 is 1.96 bits per heavy atom. The molecule has 0 bridgehead atoms. The lowest BCUT2D eigenvalue weighted by atomic mass is 9.89. The molecule has 2 aliphatic heterocycles. The average molecular weight is 394 g/mol. The number of alkyl halides is 3. The molecule has 2 aliphatic rings. The van der Waals surface area contributed by atoms with Crippen LogP contribution < -0.4 is 15.0 Å². The number of hydrogen-bond acceptors (Lipinski definition) is 3. The molecule has 4 rings (SSSR count). The summed E-state index contributed by atoms with van der Waals surface area (Å²) in [6.07, 6.45) is -3.98. The quantitative estimate of drug-likeness (QED) is 0.718. The van der Waals surface area contributed by atoms with Crippen LogP contribution >= 0.6 is 0 Å². The summed E-state index contributed by atoms with van der Waals surface area (Å²) in [5.74, 6) is -1.66. The third-order valence-corrected chi connectivity index (χ3v) is 5.18. The predicted molar refractivity (Wildman–Crippen MR) is 95.0 cm³/mol. The van der Waals surface area contributed by atoms with E-state index < -0.39 is 30.0 Å². The number of aryl methyl sites for hydroxylation is 1. The molecule has 0 aliphatic carbocycles. The summed E-state index contributed by atoms with van der Waals surface area (Å²) in [5.41, 5.74) is 1.91. The number of hydrogen-bond donors (Lipinski definition) is 1. The largest absolute Gasteiger partial charge is 0.471 e. The van der Waals surface area contributed by atoms with Crippen LogP contribution in [0.1, 0.15) is 30.0 Å². The van der Waals surface area contributed by atoms with Crippen LogP contribution in [0.15, 0.2) is 36.4 Å². The summed E-state index contributed by atoms with van der Waals surface area (Å²) >= 11 is 0. The standard InChI is InChI=1S/C20H18F4N2O2/c1-11-9-12(21)10-16-17(11)26-8-4-6-14(25-19(27)20(22,23)24)18(26)13-5-2-3-7-15(13)28-16/h2-3,5,7,9-10,14,18H,4,6,8H2,1H3,(H,25,27)/t14-,18-/m1/s1. The van der Waals surface area contributed by atoms with E-state index in [1.54, 1.807) is 31.2 Å². The Kier molecular flexibility index (Phi) is 4.44. The molecule has 2 aromatic rings. The van der Waals surface area contributed by atoms with Crippen molar-refractivity contribution < 1.29 is 27.1 Å². The number of fused-ring (bicyclic) bond motifs is 5. The average Bonchev–Trinajstić information content (AvgIpc) is 2.75. The minimum Gasteiger partial charge on any atom is -0.455 e. The van der Waals surface area contributed by atoms with Crippen molar-refractivity contribution in [2.45, 2.75) is 38.0 Å². The highest BCUT2D eigenvalue weighted by Crippen LogP contribution is 2.49. The second-order valence-electron chi connectivity index (χ2n) is 7.07. The SMILES string of the molecule is Cc1cc(F)cc2c1N1CCC[C@@H](NC(=O)C(F)(F)F)[C@H]1c1ccccc1O2. The van der Waals surface area contributed by atoms with Crippen molar-refractivity contribution in [2.24, 2.45) is 0 Å². The fourth-order valence-electron chi connectivity index (χ4n) is 4.12. The Morgan fingerprint density at radius 1 is 1.21 bits per heavy atom. The molecule has 0 aromatic heterocycles. The van der Waals surface area contributed by atoms with Crippen molar-refractivity contribution in [2.75, 3.05) is 11.4 Å². The van der Waals surface area contributed by atoms with Crippen LogP contribution in [0.2, 0.25) is 0 Å². The maximum absolute atomic E-state index is 14.0. The van der Waals surface area contributed by atoms with E-state index >= 15 is 0 Å². The molecule has 0 spiro atoms. The third-order valence-electron chi connectivity index (χ3n) is 5.18. The molecule has 0 radical (unpaired) electrons. The molecule has 1 amide bonds. The Morgan fingerprint density at radius 3 is 2.71 bits per heavy atom. The number of halogens is 4. The Bertz CT molecular complexity index is 929. The number of nitrogens with zero attached hydrogens (tertiary/aromatic N) is 1. The van der Waals surface area contributed by atoms with Crippen molar-refractivity contribution in [1.82, 2.24) is 5.32 Å². The molecule has 0 unspecified atom stereocenters. The molecule has 1 N–H and O–H groups in total. The van der Waals surface area contributed by atoms with Gasteiger partial charge in [0.15, 0.2) is 5.75 Å². The first-order valence-corrected chi connectivity index (χ1v) is 8.97. The van der Waals surface area contributed by atoms with Gasteiger partial charge in [0.1, 0.15) is 11.6 Å². The van der Waals surface area contributed by atoms with Gasteiger partial charge in [0.2, 0.25) is 0 Å². The lowest BCUT2D eigenvalue weighted by Crippen LogP contribution is -2.52. The van der Waals surface area contributed by atoms with Gasteiger partial charge < -0.3 is 15.0 Å². The van der Waals surface area contributed by atoms with E-state index in [1.165, 1.54) is 12.1 Å². The van der Waals surface area contributed by atoms with Crippen LogP contribution in [0.5, 0.6) is 11.5 Å². The summed E-state index contributed by atoms with van der Waals surface area (Å²) in [4.78, 5) is 13.5. The van der Waals surface area contributed by atoms with Crippen molar-refractivity contribution in [1.29, 1.82) is 0 Å². The number of carbonyl (C=O) groups is 1. The summed E-state index contributed by atoms with van der Waals surface area (Å²) < 4.78 is 58.5. The molecule has 4 nitrogen and oxygen atoms in total. The lowest BCUT2D eigenvalue weighted by molar-refractivity contribution is -0.174. The van der Waals surface area contributed by atoms with Crippen molar-refractivity contribution in [3.8, 4) is 11.5 Å². The number of amides is 1. The Labute approximate surface area is 159 Å². The second-order valence-corrected chi connectivity index (χ2v) is 7.07. The van der Waals surface area contributed by atoms with Gasteiger partial charge in [0.05, 0.1) is 17.8 Å². The molecule has 1 fully saturated rings. The first kappa shape index (κ1) is 18.6. The topological polar surface area (TPSA) is 41.6 Å². The molecule has 8 heteroatoms.